The Morgan fingerprint density at radius 2 is 0.862 bits per heavy atom. The monoisotopic (exact) mass is 424 g/mol. The number of aliphatic hydroxyl groups is 3. The van der Waals surface area contributed by atoms with E-state index in [-0.39, 0.29) is 26.2 Å². The number of hydrogen-bond donors (Lipinski definition) is 7. The average molecular weight is 424 g/mol. The fraction of sp³-hybridized carbons (Fsp3) is 0.444. The fourth-order valence-corrected chi connectivity index (χ4v) is 0.485. The number of aliphatic carboxylic acids is 4. The second-order valence-corrected chi connectivity index (χ2v) is 4.70. The van der Waals surface area contributed by atoms with Gasteiger partial charge in [0.1, 0.15) is 0 Å². The van der Waals surface area contributed by atoms with E-state index >= 15 is 0 Å². The van der Waals surface area contributed by atoms with Gasteiger partial charge in [0.25, 0.3) is 0 Å². The molecule has 7 N–H and O–H groups in total. The van der Waals surface area contributed by atoms with E-state index in [0.717, 1.165) is 18.2 Å². The van der Waals surface area contributed by atoms with Crippen LogP contribution in [0.3, 0.4) is 0 Å². The summed E-state index contributed by atoms with van der Waals surface area (Å²) in [5, 5.41) is 56.5. The minimum absolute atomic E-state index is 0.156. The average Bonchev–Trinajstić information content (AvgIpc) is 2.71. The molecule has 0 saturated carbocycles. The van der Waals surface area contributed by atoms with Crippen LogP contribution in [-0.2, 0) is 19.2 Å². The molecule has 0 amide bonds. The first kappa shape index (κ1) is 36.8. The molecule has 170 valence electrons. The molecular weight excluding hydrogens is 392 g/mol. The second kappa shape index (κ2) is 27.2. The number of carboxylic acids is 4. The maximum atomic E-state index is 9.37. The van der Waals surface area contributed by atoms with E-state index in [0.29, 0.717) is 6.42 Å². The van der Waals surface area contributed by atoms with Crippen LogP contribution in [0, 0.1) is 5.41 Å². The van der Waals surface area contributed by atoms with Crippen molar-refractivity contribution in [3.05, 3.63) is 38.0 Å². The van der Waals surface area contributed by atoms with Gasteiger partial charge < -0.3 is 35.7 Å². The highest BCUT2D eigenvalue weighted by molar-refractivity contribution is 5.79. The molecule has 11 nitrogen and oxygen atoms in total. The van der Waals surface area contributed by atoms with Crippen molar-refractivity contribution in [2.75, 3.05) is 19.8 Å². The first-order chi connectivity index (χ1) is 13.3. The molecule has 0 atom stereocenters. The lowest BCUT2D eigenvalue weighted by Gasteiger charge is -2.24. The fourth-order valence-electron chi connectivity index (χ4n) is 0.485. The van der Waals surface area contributed by atoms with E-state index in [1.165, 1.54) is 0 Å². The second-order valence-electron chi connectivity index (χ2n) is 4.70. The zero-order chi connectivity index (χ0) is 24.5. The molecule has 0 saturated heterocycles. The van der Waals surface area contributed by atoms with E-state index in [1.807, 2.05) is 6.92 Å². The lowest BCUT2D eigenvalue weighted by molar-refractivity contribution is -0.137. The Hall–Kier alpha value is -3.02. The summed E-state index contributed by atoms with van der Waals surface area (Å²) in [7, 11) is 0. The van der Waals surface area contributed by atoms with Crippen LogP contribution in [0.25, 0.3) is 0 Å². The van der Waals surface area contributed by atoms with Crippen LogP contribution in [0.15, 0.2) is 38.0 Å². The Kier molecular flexibility index (Phi) is 34.5. The summed E-state index contributed by atoms with van der Waals surface area (Å²) in [4.78, 5) is 37.1. The topological polar surface area (TPSA) is 210 Å². The third-order valence-electron chi connectivity index (χ3n) is 2.58. The minimum Gasteiger partial charge on any atom is -0.481 e. The largest absolute Gasteiger partial charge is 0.481 e. The van der Waals surface area contributed by atoms with Crippen molar-refractivity contribution in [1.82, 2.24) is 0 Å². The summed E-state index contributed by atoms with van der Waals surface area (Å²) in [6.07, 6.45) is 3.32. The van der Waals surface area contributed by atoms with Crippen molar-refractivity contribution in [2.45, 2.75) is 26.7 Å². The molecule has 0 rings (SSSR count). The van der Waals surface area contributed by atoms with Crippen LogP contribution in [0.4, 0.5) is 0 Å². The summed E-state index contributed by atoms with van der Waals surface area (Å²) < 4.78 is 0. The quantitative estimate of drug-likeness (QED) is 0.268. The Bertz CT molecular complexity index is 420. The van der Waals surface area contributed by atoms with Crippen molar-refractivity contribution in [2.24, 2.45) is 5.41 Å². The van der Waals surface area contributed by atoms with Gasteiger partial charge in [-0.15, -0.1) is 0 Å². The standard InChI is InChI=1S/C6H14O3.C3H6O2.3C3H4O2/c1-2-6(3-7,4-8)5-9;4*1-2-3(4)5/h7-9H,2-5H2,1H3;2H2,1H3,(H,4,5);3*2H,1H2,(H,4,5). The molecule has 0 aliphatic heterocycles. The third-order valence-corrected chi connectivity index (χ3v) is 2.58. The molecule has 0 fully saturated rings. The van der Waals surface area contributed by atoms with E-state index < -0.39 is 29.3 Å². The number of carbonyl (C=O) groups is 4. The van der Waals surface area contributed by atoms with Gasteiger partial charge in [-0.05, 0) is 6.42 Å². The summed E-state index contributed by atoms with van der Waals surface area (Å²) in [6, 6.07) is 0. The molecule has 0 heterocycles. The molecule has 0 unspecified atom stereocenters. The molecule has 29 heavy (non-hydrogen) atoms. The first-order valence-corrected chi connectivity index (χ1v) is 7.93. The van der Waals surface area contributed by atoms with Crippen molar-refractivity contribution in [1.29, 1.82) is 0 Å². The maximum absolute atomic E-state index is 9.37. The molecule has 0 aromatic carbocycles. The van der Waals surface area contributed by atoms with Crippen LogP contribution < -0.4 is 0 Å². The van der Waals surface area contributed by atoms with Gasteiger partial charge in [0.2, 0.25) is 0 Å². The highest BCUT2D eigenvalue weighted by atomic mass is 16.4. The molecule has 0 spiro atoms. The number of carboxylic acid groups (broad SMARTS) is 4. The minimum atomic E-state index is -0.981. The Morgan fingerprint density at radius 3 is 0.862 bits per heavy atom. The number of rotatable bonds is 8. The van der Waals surface area contributed by atoms with Gasteiger partial charge in [0, 0.05) is 30.1 Å². The SMILES string of the molecule is C=CC(=O)O.C=CC(=O)O.C=CC(=O)O.CCC(=O)O.CCC(CO)(CO)CO. The van der Waals surface area contributed by atoms with Crippen LogP contribution >= 0.6 is 0 Å². The first-order valence-electron chi connectivity index (χ1n) is 7.93. The van der Waals surface area contributed by atoms with Gasteiger partial charge in [-0.25, -0.2) is 14.4 Å². The Morgan fingerprint density at radius 1 is 0.690 bits per heavy atom. The summed E-state index contributed by atoms with van der Waals surface area (Å²) in [5.74, 6) is -3.69. The molecule has 0 aliphatic carbocycles. The van der Waals surface area contributed by atoms with E-state index in [2.05, 4.69) is 19.7 Å². The molecule has 11 heteroatoms. The molecular formula is C18H32O11. The maximum Gasteiger partial charge on any atom is 0.327 e. The highest BCUT2D eigenvalue weighted by Gasteiger charge is 2.24. The van der Waals surface area contributed by atoms with E-state index in [9.17, 15) is 19.2 Å². The van der Waals surface area contributed by atoms with Crippen molar-refractivity contribution >= 4 is 23.9 Å². The predicted octanol–water partition coefficient (Wildman–Crippen LogP) is 0.612. The van der Waals surface area contributed by atoms with E-state index in [1.54, 1.807) is 6.92 Å². The molecule has 0 radical (unpaired) electrons. The zero-order valence-corrected chi connectivity index (χ0v) is 16.7. The molecule has 0 aliphatic rings. The van der Waals surface area contributed by atoms with Gasteiger partial charge in [0.05, 0.1) is 19.8 Å². The van der Waals surface area contributed by atoms with Crippen LogP contribution in [0.1, 0.15) is 26.7 Å². The number of hydrogen-bond acceptors (Lipinski definition) is 7. The van der Waals surface area contributed by atoms with Crippen molar-refractivity contribution in [3.8, 4) is 0 Å². The van der Waals surface area contributed by atoms with E-state index in [4.69, 9.17) is 35.7 Å². The van der Waals surface area contributed by atoms with Crippen LogP contribution in [-0.4, -0.2) is 79.4 Å². The summed E-state index contributed by atoms with van der Waals surface area (Å²) in [6.45, 7) is 11.8. The van der Waals surface area contributed by atoms with Crippen LogP contribution in [0.2, 0.25) is 0 Å². The normalized spacial score (nSPS) is 8.31. The summed E-state index contributed by atoms with van der Waals surface area (Å²) in [5.41, 5.74) is -0.667. The Balaban J connectivity index is -0.0000000853. The lowest BCUT2D eigenvalue weighted by atomic mass is 9.88. The molecule has 0 aromatic rings. The zero-order valence-electron chi connectivity index (χ0n) is 16.7. The van der Waals surface area contributed by atoms with Gasteiger partial charge in [-0.3, -0.25) is 4.79 Å². The third kappa shape index (κ3) is 45.8. The molecule has 0 aromatic heterocycles. The lowest BCUT2D eigenvalue weighted by Crippen LogP contribution is -2.32. The predicted molar refractivity (Wildman–Crippen MR) is 105 cm³/mol. The summed E-state index contributed by atoms with van der Waals surface area (Å²) >= 11 is 0. The smallest absolute Gasteiger partial charge is 0.327 e. The van der Waals surface area contributed by atoms with Crippen molar-refractivity contribution < 1.29 is 54.9 Å². The number of aliphatic hydroxyl groups excluding tert-OH is 3. The van der Waals surface area contributed by atoms with Crippen LogP contribution in [0.5, 0.6) is 0 Å². The highest BCUT2D eigenvalue weighted by Crippen LogP contribution is 2.18. The van der Waals surface area contributed by atoms with Gasteiger partial charge >= 0.3 is 23.9 Å². The van der Waals surface area contributed by atoms with Gasteiger partial charge in [-0.1, -0.05) is 33.6 Å². The molecule has 0 bridgehead atoms. The van der Waals surface area contributed by atoms with Gasteiger partial charge in [0.15, 0.2) is 0 Å². The van der Waals surface area contributed by atoms with Crippen molar-refractivity contribution in [3.63, 3.8) is 0 Å². The Labute approximate surface area is 169 Å². The van der Waals surface area contributed by atoms with Gasteiger partial charge in [-0.2, -0.15) is 0 Å².